The summed E-state index contributed by atoms with van der Waals surface area (Å²) in [6.07, 6.45) is 10.0. The first kappa shape index (κ1) is 11.8. The molecule has 0 spiro atoms. The third-order valence-electron chi connectivity index (χ3n) is 5.36. The molecule has 0 radical (unpaired) electrons. The average Bonchev–Trinajstić information content (AvgIpc) is 2.88. The molecule has 0 saturated heterocycles. The van der Waals surface area contributed by atoms with Crippen LogP contribution in [-0.2, 0) is 0 Å². The first-order valence-electron chi connectivity index (χ1n) is 6.79. The molecule has 2 saturated carbocycles. The van der Waals surface area contributed by atoms with Gasteiger partial charge in [0.15, 0.2) is 0 Å². The lowest BCUT2D eigenvalue weighted by Gasteiger charge is -2.35. The molecular formula is C14H25Cl. The minimum absolute atomic E-state index is 0.455. The van der Waals surface area contributed by atoms with Gasteiger partial charge in [-0.3, -0.25) is 0 Å². The minimum atomic E-state index is 0.455. The zero-order valence-electron chi connectivity index (χ0n) is 10.3. The molecule has 0 heterocycles. The van der Waals surface area contributed by atoms with Gasteiger partial charge in [-0.05, 0) is 61.7 Å². The van der Waals surface area contributed by atoms with Crippen molar-refractivity contribution in [1.29, 1.82) is 0 Å². The summed E-state index contributed by atoms with van der Waals surface area (Å²) in [6, 6.07) is 0. The Morgan fingerprint density at radius 3 is 2.27 bits per heavy atom. The van der Waals surface area contributed by atoms with Gasteiger partial charge in [-0.1, -0.05) is 20.3 Å². The highest BCUT2D eigenvalue weighted by Crippen LogP contribution is 2.53. The first-order chi connectivity index (χ1) is 7.23. The van der Waals surface area contributed by atoms with Crippen LogP contribution >= 0.6 is 11.6 Å². The fraction of sp³-hybridized carbons (Fsp3) is 1.00. The van der Waals surface area contributed by atoms with Gasteiger partial charge in [-0.15, -0.1) is 11.6 Å². The van der Waals surface area contributed by atoms with Gasteiger partial charge in [0.1, 0.15) is 0 Å². The molecule has 88 valence electrons. The van der Waals surface area contributed by atoms with Crippen LogP contribution in [0.3, 0.4) is 0 Å². The van der Waals surface area contributed by atoms with Gasteiger partial charge >= 0.3 is 0 Å². The highest BCUT2D eigenvalue weighted by molar-refractivity contribution is 6.18. The number of fused-ring (bicyclic) bond motifs is 2. The Morgan fingerprint density at radius 1 is 1.13 bits per heavy atom. The highest BCUT2D eigenvalue weighted by Gasteiger charge is 2.42. The first-order valence-corrected chi connectivity index (χ1v) is 7.32. The number of hydrogen-bond donors (Lipinski definition) is 0. The highest BCUT2D eigenvalue weighted by atomic mass is 35.5. The average molecular weight is 229 g/mol. The Kier molecular flexibility index (Phi) is 3.65. The van der Waals surface area contributed by atoms with Gasteiger partial charge in [0.2, 0.25) is 0 Å². The van der Waals surface area contributed by atoms with Crippen LogP contribution in [0.5, 0.6) is 0 Å². The third kappa shape index (κ3) is 2.20. The molecule has 0 N–H and O–H groups in total. The van der Waals surface area contributed by atoms with E-state index in [9.17, 15) is 0 Å². The molecule has 0 aromatic rings. The number of alkyl halides is 1. The zero-order valence-corrected chi connectivity index (χ0v) is 11.0. The van der Waals surface area contributed by atoms with Crippen molar-refractivity contribution in [2.75, 3.05) is 5.88 Å². The van der Waals surface area contributed by atoms with Crippen molar-refractivity contribution < 1.29 is 0 Å². The SMILES string of the molecule is CCC(CC)(CCl)CC1CC2CCC1C2. The van der Waals surface area contributed by atoms with Crippen LogP contribution in [0.2, 0.25) is 0 Å². The summed E-state index contributed by atoms with van der Waals surface area (Å²) in [6.45, 7) is 4.64. The summed E-state index contributed by atoms with van der Waals surface area (Å²) in [4.78, 5) is 0. The van der Waals surface area contributed by atoms with E-state index < -0.39 is 0 Å². The molecule has 0 aromatic carbocycles. The molecular weight excluding hydrogens is 204 g/mol. The van der Waals surface area contributed by atoms with E-state index in [-0.39, 0.29) is 0 Å². The minimum Gasteiger partial charge on any atom is -0.126 e. The molecule has 2 aliphatic rings. The lowest BCUT2D eigenvalue weighted by molar-refractivity contribution is 0.181. The molecule has 2 fully saturated rings. The molecule has 3 atom stereocenters. The van der Waals surface area contributed by atoms with Crippen LogP contribution in [0.4, 0.5) is 0 Å². The molecule has 1 heteroatoms. The van der Waals surface area contributed by atoms with Crippen LogP contribution in [0.15, 0.2) is 0 Å². The van der Waals surface area contributed by atoms with Crippen LogP contribution in [0.25, 0.3) is 0 Å². The fourth-order valence-electron chi connectivity index (χ4n) is 3.96. The van der Waals surface area contributed by atoms with Crippen molar-refractivity contribution in [1.82, 2.24) is 0 Å². The fourth-order valence-corrected chi connectivity index (χ4v) is 4.45. The number of rotatable bonds is 5. The van der Waals surface area contributed by atoms with Gasteiger partial charge in [-0.25, -0.2) is 0 Å². The maximum Gasteiger partial charge on any atom is 0.0279 e. The lowest BCUT2D eigenvalue weighted by atomic mass is 9.72. The summed E-state index contributed by atoms with van der Waals surface area (Å²) in [5.74, 6) is 4.04. The summed E-state index contributed by atoms with van der Waals surface area (Å²) in [5, 5.41) is 0. The maximum absolute atomic E-state index is 6.21. The molecule has 2 rings (SSSR count). The van der Waals surface area contributed by atoms with Crippen LogP contribution in [0.1, 0.15) is 58.8 Å². The Labute approximate surface area is 99.8 Å². The van der Waals surface area contributed by atoms with Gasteiger partial charge in [-0.2, -0.15) is 0 Å². The Hall–Kier alpha value is 0.290. The van der Waals surface area contributed by atoms with Crippen LogP contribution in [-0.4, -0.2) is 5.88 Å². The Morgan fingerprint density at radius 2 is 1.87 bits per heavy atom. The second-order valence-electron chi connectivity index (χ2n) is 5.98. The lowest BCUT2D eigenvalue weighted by Crippen LogP contribution is -2.27. The van der Waals surface area contributed by atoms with Gasteiger partial charge in [0, 0.05) is 5.88 Å². The summed E-state index contributed by atoms with van der Waals surface area (Å²) in [7, 11) is 0. The molecule has 2 bridgehead atoms. The maximum atomic E-state index is 6.21. The topological polar surface area (TPSA) is 0 Å². The largest absolute Gasteiger partial charge is 0.126 e. The Bertz CT molecular complexity index is 199. The second-order valence-corrected chi connectivity index (χ2v) is 6.25. The predicted molar refractivity (Wildman–Crippen MR) is 67.3 cm³/mol. The van der Waals surface area contributed by atoms with E-state index in [0.29, 0.717) is 5.41 Å². The molecule has 0 aliphatic heterocycles. The summed E-state index contributed by atoms with van der Waals surface area (Å²) < 4.78 is 0. The normalized spacial score (nSPS) is 35.0. The summed E-state index contributed by atoms with van der Waals surface area (Å²) in [5.41, 5.74) is 0.455. The van der Waals surface area contributed by atoms with E-state index in [1.54, 1.807) is 0 Å². The molecule has 0 amide bonds. The van der Waals surface area contributed by atoms with Crippen molar-refractivity contribution in [3.05, 3.63) is 0 Å². The number of halogens is 1. The van der Waals surface area contributed by atoms with Crippen molar-refractivity contribution in [2.24, 2.45) is 23.2 Å². The van der Waals surface area contributed by atoms with Crippen LogP contribution < -0.4 is 0 Å². The summed E-state index contributed by atoms with van der Waals surface area (Å²) >= 11 is 6.21. The predicted octanol–water partition coefficient (Wildman–Crippen LogP) is 4.86. The quantitative estimate of drug-likeness (QED) is 0.590. The van der Waals surface area contributed by atoms with Crippen molar-refractivity contribution >= 4 is 11.6 Å². The van der Waals surface area contributed by atoms with Crippen molar-refractivity contribution in [3.63, 3.8) is 0 Å². The van der Waals surface area contributed by atoms with E-state index >= 15 is 0 Å². The van der Waals surface area contributed by atoms with E-state index in [4.69, 9.17) is 11.6 Å². The van der Waals surface area contributed by atoms with Gasteiger partial charge < -0.3 is 0 Å². The third-order valence-corrected chi connectivity index (χ3v) is 5.93. The van der Waals surface area contributed by atoms with Gasteiger partial charge in [0.25, 0.3) is 0 Å². The molecule has 15 heavy (non-hydrogen) atoms. The van der Waals surface area contributed by atoms with E-state index in [1.165, 1.54) is 44.9 Å². The van der Waals surface area contributed by atoms with E-state index in [0.717, 1.165) is 23.6 Å². The molecule has 0 nitrogen and oxygen atoms in total. The molecule has 3 unspecified atom stereocenters. The smallest absolute Gasteiger partial charge is 0.0279 e. The molecule has 0 aromatic heterocycles. The molecule has 2 aliphatic carbocycles. The number of hydrogen-bond acceptors (Lipinski definition) is 0. The van der Waals surface area contributed by atoms with Gasteiger partial charge in [0.05, 0.1) is 0 Å². The van der Waals surface area contributed by atoms with Crippen LogP contribution in [0, 0.1) is 23.2 Å². The van der Waals surface area contributed by atoms with E-state index in [2.05, 4.69) is 13.8 Å². The Balaban J connectivity index is 1.95. The standard InChI is InChI=1S/C14H25Cl/c1-3-14(4-2,10-15)9-13-8-11-5-6-12(13)7-11/h11-13H,3-10H2,1-2H3. The monoisotopic (exact) mass is 228 g/mol. The van der Waals surface area contributed by atoms with E-state index in [1.807, 2.05) is 0 Å². The zero-order chi connectivity index (χ0) is 10.9. The van der Waals surface area contributed by atoms with Crippen molar-refractivity contribution in [2.45, 2.75) is 58.8 Å². The second kappa shape index (κ2) is 4.65. The van der Waals surface area contributed by atoms with Crippen molar-refractivity contribution in [3.8, 4) is 0 Å².